The van der Waals surface area contributed by atoms with E-state index in [1.807, 2.05) is 0 Å². The topological polar surface area (TPSA) is 91.5 Å². The molecular weight excluding hydrogens is 258 g/mol. The van der Waals surface area contributed by atoms with Gasteiger partial charge in [-0.15, -0.1) is 0 Å². The number of nitrogens with two attached hydrogens (primary N) is 1. The van der Waals surface area contributed by atoms with Crippen molar-refractivity contribution in [3.05, 3.63) is 11.8 Å². The molecule has 0 atom stereocenters. The Kier molecular flexibility index (Phi) is 3.83. The molecule has 6 nitrogen and oxygen atoms in total. The molecule has 9 heteroatoms. The molecule has 0 fully saturated rings. The number of ether oxygens (including phenoxy) is 2. The van der Waals surface area contributed by atoms with Gasteiger partial charge < -0.3 is 9.47 Å². The Morgan fingerprint density at radius 2 is 1.94 bits per heavy atom. The fraction of sp³-hybridized carbons (Fsp3) is 0.375. The lowest BCUT2D eigenvalue weighted by atomic mass is 10.3. The molecule has 0 saturated carbocycles. The van der Waals surface area contributed by atoms with E-state index < -0.39 is 27.0 Å². The monoisotopic (exact) mass is 268 g/mol. The largest absolute Gasteiger partial charge is 0.490 e. The summed E-state index contributed by atoms with van der Waals surface area (Å²) in [5, 5.41) is 4.89. The Morgan fingerprint density at radius 3 is 2.29 bits per heavy atom. The highest BCUT2D eigenvalue weighted by Crippen LogP contribution is 2.34. The van der Waals surface area contributed by atoms with E-state index in [4.69, 9.17) is 9.88 Å². The maximum absolute atomic E-state index is 12.5. The van der Waals surface area contributed by atoms with Crippen LogP contribution in [0.15, 0.2) is 11.0 Å². The van der Waals surface area contributed by atoms with Crippen molar-refractivity contribution in [2.75, 3.05) is 14.2 Å². The quantitative estimate of drug-likeness (QED) is 0.867. The van der Waals surface area contributed by atoms with Crippen LogP contribution in [0.3, 0.4) is 0 Å². The molecule has 1 heterocycles. The zero-order chi connectivity index (χ0) is 13.2. The second-order valence-electron chi connectivity index (χ2n) is 2.93. The zero-order valence-corrected chi connectivity index (χ0v) is 9.79. The lowest BCUT2D eigenvalue weighted by molar-refractivity contribution is 0.144. The maximum atomic E-state index is 12.5. The average Bonchev–Trinajstić information content (AvgIpc) is 2.25. The van der Waals surface area contributed by atoms with Gasteiger partial charge in [0.25, 0.3) is 12.3 Å². The summed E-state index contributed by atoms with van der Waals surface area (Å²) in [5.41, 5.74) is -0.758. The van der Waals surface area contributed by atoms with Gasteiger partial charge in [-0.1, -0.05) is 0 Å². The van der Waals surface area contributed by atoms with Gasteiger partial charge in [0.05, 0.1) is 14.2 Å². The molecule has 0 aromatic carbocycles. The minimum absolute atomic E-state index is 0.306. The van der Waals surface area contributed by atoms with Gasteiger partial charge in [0, 0.05) is 0 Å². The van der Waals surface area contributed by atoms with E-state index in [1.54, 1.807) is 0 Å². The van der Waals surface area contributed by atoms with Crippen LogP contribution in [0.5, 0.6) is 11.6 Å². The highest BCUT2D eigenvalue weighted by molar-refractivity contribution is 7.89. The first-order chi connectivity index (χ1) is 7.81. The smallest absolute Gasteiger partial charge is 0.280 e. The Hall–Kier alpha value is -1.48. The molecule has 0 amide bonds. The third-order valence-corrected chi connectivity index (χ3v) is 2.77. The number of primary sulfonamides is 1. The van der Waals surface area contributed by atoms with Gasteiger partial charge in [-0.3, -0.25) is 0 Å². The number of nitrogens with zero attached hydrogens (tertiary/aromatic N) is 1. The van der Waals surface area contributed by atoms with E-state index >= 15 is 0 Å². The Labute approximate surface area is 96.4 Å². The molecule has 1 aromatic rings. The molecule has 0 radical (unpaired) electrons. The highest BCUT2D eigenvalue weighted by Gasteiger charge is 2.24. The first-order valence-corrected chi connectivity index (χ1v) is 5.79. The van der Waals surface area contributed by atoms with Crippen LogP contribution in [-0.4, -0.2) is 27.6 Å². The third kappa shape index (κ3) is 2.80. The van der Waals surface area contributed by atoms with Crippen molar-refractivity contribution in [1.29, 1.82) is 0 Å². The second-order valence-corrected chi connectivity index (χ2v) is 4.46. The number of rotatable bonds is 4. The van der Waals surface area contributed by atoms with Gasteiger partial charge in [-0.2, -0.15) is 0 Å². The molecule has 0 spiro atoms. The van der Waals surface area contributed by atoms with E-state index in [1.165, 1.54) is 0 Å². The molecule has 0 bridgehead atoms. The molecule has 96 valence electrons. The van der Waals surface area contributed by atoms with Crippen molar-refractivity contribution in [3.8, 4) is 11.6 Å². The summed E-state index contributed by atoms with van der Waals surface area (Å²) in [5.74, 6) is -0.672. The van der Waals surface area contributed by atoms with E-state index in [0.717, 1.165) is 14.2 Å². The minimum atomic E-state index is -4.21. The summed E-state index contributed by atoms with van der Waals surface area (Å²) in [6.07, 6.45) is -2.95. The second kappa shape index (κ2) is 4.80. The van der Waals surface area contributed by atoms with Crippen molar-refractivity contribution in [2.24, 2.45) is 5.14 Å². The lowest BCUT2D eigenvalue weighted by Gasteiger charge is -2.12. The SMILES string of the molecule is COc1nc(C(F)F)cc(S(N)(=O)=O)c1OC. The van der Waals surface area contributed by atoms with Crippen LogP contribution in [0.4, 0.5) is 8.78 Å². The zero-order valence-electron chi connectivity index (χ0n) is 8.98. The molecule has 0 saturated heterocycles. The number of hydrogen-bond donors (Lipinski definition) is 1. The van der Waals surface area contributed by atoms with Crippen molar-refractivity contribution < 1.29 is 26.7 Å². The van der Waals surface area contributed by atoms with Crippen LogP contribution in [-0.2, 0) is 10.0 Å². The molecule has 17 heavy (non-hydrogen) atoms. The Balaban J connectivity index is 3.60. The van der Waals surface area contributed by atoms with Gasteiger partial charge in [0.1, 0.15) is 10.6 Å². The third-order valence-electron chi connectivity index (χ3n) is 1.86. The number of hydrogen-bond acceptors (Lipinski definition) is 5. The first kappa shape index (κ1) is 13.6. The molecule has 0 aliphatic rings. The molecule has 2 N–H and O–H groups in total. The minimum Gasteiger partial charge on any atom is -0.490 e. The standard InChI is InChI=1S/C8H10F2N2O4S/c1-15-6-5(17(11,13)14)3-4(7(9)10)12-8(6)16-2/h3,7H,1-2H3,(H2,11,13,14). The van der Waals surface area contributed by atoms with Crippen LogP contribution in [0, 0.1) is 0 Å². The van der Waals surface area contributed by atoms with E-state index in [2.05, 4.69) is 9.72 Å². The molecular formula is C8H10F2N2O4S. The van der Waals surface area contributed by atoms with E-state index in [9.17, 15) is 17.2 Å². The summed E-state index contributed by atoms with van der Waals surface area (Å²) < 4.78 is 56.8. The van der Waals surface area contributed by atoms with Crippen molar-refractivity contribution in [1.82, 2.24) is 4.98 Å². The number of sulfonamides is 1. The van der Waals surface area contributed by atoms with Gasteiger partial charge in [-0.05, 0) is 6.07 Å². The Morgan fingerprint density at radius 1 is 1.35 bits per heavy atom. The van der Waals surface area contributed by atoms with Gasteiger partial charge in [-0.25, -0.2) is 27.3 Å². The fourth-order valence-corrected chi connectivity index (χ4v) is 1.87. The average molecular weight is 268 g/mol. The lowest BCUT2D eigenvalue weighted by Crippen LogP contribution is -2.15. The van der Waals surface area contributed by atoms with E-state index in [0.29, 0.717) is 6.07 Å². The number of halogens is 2. The van der Waals surface area contributed by atoms with Crippen molar-refractivity contribution >= 4 is 10.0 Å². The predicted octanol–water partition coefficient (Wildman–Crippen LogP) is 0.684. The number of alkyl halides is 2. The summed E-state index contributed by atoms with van der Waals surface area (Å²) in [6.45, 7) is 0. The highest BCUT2D eigenvalue weighted by atomic mass is 32.2. The van der Waals surface area contributed by atoms with Crippen LogP contribution in [0.1, 0.15) is 12.1 Å². The first-order valence-electron chi connectivity index (χ1n) is 4.25. The summed E-state index contributed by atoms with van der Waals surface area (Å²) >= 11 is 0. The molecule has 0 aliphatic carbocycles. The summed E-state index contributed by atoms with van der Waals surface area (Å²) in [7, 11) is -1.92. The van der Waals surface area contributed by atoms with Crippen molar-refractivity contribution in [3.63, 3.8) is 0 Å². The van der Waals surface area contributed by atoms with Crippen LogP contribution in [0.2, 0.25) is 0 Å². The molecule has 0 unspecified atom stereocenters. The Bertz CT molecular complexity index is 519. The predicted molar refractivity (Wildman–Crippen MR) is 53.7 cm³/mol. The van der Waals surface area contributed by atoms with Crippen molar-refractivity contribution in [2.45, 2.75) is 11.3 Å². The molecule has 0 aliphatic heterocycles. The number of methoxy groups -OCH3 is 2. The van der Waals surface area contributed by atoms with Crippen LogP contribution in [0.25, 0.3) is 0 Å². The fourth-order valence-electron chi connectivity index (χ4n) is 1.15. The van der Waals surface area contributed by atoms with Crippen LogP contribution >= 0.6 is 0 Å². The van der Waals surface area contributed by atoms with Crippen LogP contribution < -0.4 is 14.6 Å². The summed E-state index contributed by atoms with van der Waals surface area (Å²) in [4.78, 5) is 2.82. The van der Waals surface area contributed by atoms with Gasteiger partial charge in [0.15, 0.2) is 0 Å². The summed E-state index contributed by atoms with van der Waals surface area (Å²) in [6, 6.07) is 0.654. The number of pyridine rings is 1. The van der Waals surface area contributed by atoms with Gasteiger partial charge >= 0.3 is 0 Å². The number of aromatic nitrogens is 1. The normalized spacial score (nSPS) is 11.6. The molecule has 1 aromatic heterocycles. The van der Waals surface area contributed by atoms with Gasteiger partial charge in [0.2, 0.25) is 15.8 Å². The molecule has 1 rings (SSSR count). The maximum Gasteiger partial charge on any atom is 0.280 e. The van der Waals surface area contributed by atoms with E-state index in [-0.39, 0.29) is 11.6 Å².